The summed E-state index contributed by atoms with van der Waals surface area (Å²) in [4.78, 5) is 3.94. The second-order valence-electron chi connectivity index (χ2n) is 3.90. The summed E-state index contributed by atoms with van der Waals surface area (Å²) in [6.07, 6.45) is 2.62. The van der Waals surface area contributed by atoms with Crippen LogP contribution in [0, 0.1) is 0 Å². The van der Waals surface area contributed by atoms with Gasteiger partial charge in [-0.3, -0.25) is 0 Å². The van der Waals surface area contributed by atoms with E-state index in [9.17, 15) is 0 Å². The Morgan fingerprint density at radius 1 is 1.28 bits per heavy atom. The molecular formula is C14H15ClN2O. The first-order valence-electron chi connectivity index (χ1n) is 5.76. The monoisotopic (exact) mass is 262 g/mol. The van der Waals surface area contributed by atoms with Gasteiger partial charge in [0.1, 0.15) is 10.9 Å². The van der Waals surface area contributed by atoms with E-state index in [1.54, 1.807) is 13.3 Å². The second kappa shape index (κ2) is 6.26. The number of halogens is 1. The highest BCUT2D eigenvalue weighted by molar-refractivity contribution is 6.29. The maximum absolute atomic E-state index is 5.81. The van der Waals surface area contributed by atoms with Crippen molar-refractivity contribution in [2.75, 3.05) is 19.0 Å². The van der Waals surface area contributed by atoms with Crippen LogP contribution in [0.15, 0.2) is 42.6 Å². The molecule has 2 rings (SSSR count). The summed E-state index contributed by atoms with van der Waals surface area (Å²) in [6.45, 7) is 0.841. The Hall–Kier alpha value is -1.74. The fourth-order valence-corrected chi connectivity index (χ4v) is 1.87. The number of pyridine rings is 1. The van der Waals surface area contributed by atoms with Crippen molar-refractivity contribution in [3.05, 3.63) is 53.3 Å². The number of hydrogen-bond donors (Lipinski definition) is 1. The molecule has 18 heavy (non-hydrogen) atoms. The van der Waals surface area contributed by atoms with Gasteiger partial charge in [-0.15, -0.1) is 0 Å². The van der Waals surface area contributed by atoms with Crippen LogP contribution in [0.4, 0.5) is 5.69 Å². The summed E-state index contributed by atoms with van der Waals surface area (Å²) >= 11 is 5.81. The van der Waals surface area contributed by atoms with Gasteiger partial charge < -0.3 is 10.1 Å². The number of nitrogens with one attached hydrogen (secondary N) is 1. The van der Waals surface area contributed by atoms with Gasteiger partial charge in [-0.25, -0.2) is 4.98 Å². The summed E-state index contributed by atoms with van der Waals surface area (Å²) in [6, 6.07) is 11.8. The van der Waals surface area contributed by atoms with Crippen molar-refractivity contribution >= 4 is 17.3 Å². The lowest BCUT2D eigenvalue weighted by molar-refractivity contribution is 0.414. The molecule has 0 amide bonds. The zero-order valence-electron chi connectivity index (χ0n) is 10.2. The standard InChI is InChI=1S/C14H15ClN2O/c1-18-13-4-2-3-11(9-13)5-7-16-12-6-8-17-14(15)10-12/h2-4,6,8-10H,5,7H2,1H3,(H,16,17). The third-order valence-corrected chi connectivity index (χ3v) is 2.81. The van der Waals surface area contributed by atoms with Crippen LogP contribution in [0.1, 0.15) is 5.56 Å². The highest BCUT2D eigenvalue weighted by Gasteiger charge is 1.97. The van der Waals surface area contributed by atoms with Gasteiger partial charge in [-0.1, -0.05) is 23.7 Å². The molecule has 0 radical (unpaired) electrons. The van der Waals surface area contributed by atoms with Gasteiger partial charge in [0.15, 0.2) is 0 Å². The molecule has 0 spiro atoms. The lowest BCUT2D eigenvalue weighted by Crippen LogP contribution is -2.05. The smallest absolute Gasteiger partial charge is 0.131 e. The molecule has 0 aliphatic heterocycles. The Balaban J connectivity index is 1.88. The highest BCUT2D eigenvalue weighted by atomic mass is 35.5. The Labute approximate surface area is 112 Å². The van der Waals surface area contributed by atoms with Gasteiger partial charge in [-0.2, -0.15) is 0 Å². The average molecular weight is 263 g/mol. The Morgan fingerprint density at radius 3 is 2.94 bits per heavy atom. The molecule has 0 aliphatic rings. The molecule has 1 heterocycles. The van der Waals surface area contributed by atoms with Gasteiger partial charge in [0, 0.05) is 18.4 Å². The predicted molar refractivity (Wildman–Crippen MR) is 74.4 cm³/mol. The van der Waals surface area contributed by atoms with E-state index in [-0.39, 0.29) is 0 Å². The Bertz CT molecular complexity index is 517. The number of aromatic nitrogens is 1. The molecule has 4 heteroatoms. The van der Waals surface area contributed by atoms with Gasteiger partial charge >= 0.3 is 0 Å². The van der Waals surface area contributed by atoms with E-state index in [0.717, 1.165) is 24.4 Å². The molecule has 1 aromatic heterocycles. The maximum atomic E-state index is 5.81. The number of nitrogens with zero attached hydrogens (tertiary/aromatic N) is 1. The van der Waals surface area contributed by atoms with Crippen molar-refractivity contribution in [1.82, 2.24) is 4.98 Å². The topological polar surface area (TPSA) is 34.1 Å². The van der Waals surface area contributed by atoms with Crippen molar-refractivity contribution in [2.24, 2.45) is 0 Å². The SMILES string of the molecule is COc1cccc(CCNc2ccnc(Cl)c2)c1. The molecular weight excluding hydrogens is 248 g/mol. The molecule has 0 aliphatic carbocycles. The van der Waals surface area contributed by atoms with Crippen LogP contribution in [0.3, 0.4) is 0 Å². The second-order valence-corrected chi connectivity index (χ2v) is 4.28. The highest BCUT2D eigenvalue weighted by Crippen LogP contribution is 2.14. The predicted octanol–water partition coefficient (Wildman–Crippen LogP) is 3.40. The van der Waals surface area contributed by atoms with E-state index >= 15 is 0 Å². The summed E-state index contributed by atoms with van der Waals surface area (Å²) in [5.41, 5.74) is 2.22. The van der Waals surface area contributed by atoms with E-state index in [1.807, 2.05) is 30.3 Å². The number of anilines is 1. The lowest BCUT2D eigenvalue weighted by atomic mass is 10.1. The van der Waals surface area contributed by atoms with Crippen molar-refractivity contribution in [3.63, 3.8) is 0 Å². The number of rotatable bonds is 5. The number of hydrogen-bond acceptors (Lipinski definition) is 3. The molecule has 94 valence electrons. The summed E-state index contributed by atoms with van der Waals surface area (Å²) in [7, 11) is 1.68. The molecule has 0 fully saturated rings. The molecule has 1 N–H and O–H groups in total. The summed E-state index contributed by atoms with van der Waals surface area (Å²) in [5.74, 6) is 0.888. The van der Waals surface area contributed by atoms with E-state index in [2.05, 4.69) is 16.4 Å². The van der Waals surface area contributed by atoms with Crippen LogP contribution < -0.4 is 10.1 Å². The molecule has 2 aromatic rings. The molecule has 0 atom stereocenters. The van der Waals surface area contributed by atoms with E-state index in [4.69, 9.17) is 16.3 Å². The molecule has 0 saturated heterocycles. The van der Waals surface area contributed by atoms with Crippen LogP contribution >= 0.6 is 11.6 Å². The maximum Gasteiger partial charge on any atom is 0.131 e. The lowest BCUT2D eigenvalue weighted by Gasteiger charge is -2.07. The van der Waals surface area contributed by atoms with Gasteiger partial charge in [-0.05, 0) is 36.2 Å². The molecule has 1 aromatic carbocycles. The molecule has 0 saturated carbocycles. The summed E-state index contributed by atoms with van der Waals surface area (Å²) in [5, 5.41) is 3.81. The Kier molecular flexibility index (Phi) is 4.42. The zero-order chi connectivity index (χ0) is 12.8. The number of methoxy groups -OCH3 is 1. The van der Waals surface area contributed by atoms with E-state index in [1.165, 1.54) is 5.56 Å². The van der Waals surface area contributed by atoms with Crippen molar-refractivity contribution < 1.29 is 4.74 Å². The molecule has 0 bridgehead atoms. The fourth-order valence-electron chi connectivity index (χ4n) is 1.69. The number of ether oxygens (including phenoxy) is 1. The normalized spacial score (nSPS) is 10.1. The molecule has 3 nitrogen and oxygen atoms in total. The van der Waals surface area contributed by atoms with Gasteiger partial charge in [0.2, 0.25) is 0 Å². The van der Waals surface area contributed by atoms with Gasteiger partial charge in [0.25, 0.3) is 0 Å². The van der Waals surface area contributed by atoms with Crippen molar-refractivity contribution in [3.8, 4) is 5.75 Å². The number of benzene rings is 1. The fraction of sp³-hybridized carbons (Fsp3) is 0.214. The van der Waals surface area contributed by atoms with Crippen LogP contribution in [-0.2, 0) is 6.42 Å². The van der Waals surface area contributed by atoms with Crippen molar-refractivity contribution in [1.29, 1.82) is 0 Å². The zero-order valence-corrected chi connectivity index (χ0v) is 10.9. The van der Waals surface area contributed by atoms with E-state index < -0.39 is 0 Å². The van der Waals surface area contributed by atoms with Gasteiger partial charge in [0.05, 0.1) is 7.11 Å². The first kappa shape index (κ1) is 12.7. The third-order valence-electron chi connectivity index (χ3n) is 2.60. The third kappa shape index (κ3) is 3.64. The van der Waals surface area contributed by atoms with Crippen LogP contribution in [0.2, 0.25) is 5.15 Å². The summed E-state index contributed by atoms with van der Waals surface area (Å²) < 4.78 is 5.19. The quantitative estimate of drug-likeness (QED) is 0.839. The van der Waals surface area contributed by atoms with Crippen molar-refractivity contribution in [2.45, 2.75) is 6.42 Å². The van der Waals surface area contributed by atoms with Crippen LogP contribution in [0.5, 0.6) is 5.75 Å². The van der Waals surface area contributed by atoms with E-state index in [0.29, 0.717) is 5.15 Å². The minimum Gasteiger partial charge on any atom is -0.497 e. The largest absolute Gasteiger partial charge is 0.497 e. The molecule has 0 unspecified atom stereocenters. The van der Waals surface area contributed by atoms with Crippen LogP contribution in [-0.4, -0.2) is 18.6 Å². The Morgan fingerprint density at radius 2 is 2.17 bits per heavy atom. The minimum atomic E-state index is 0.501. The average Bonchev–Trinajstić information content (AvgIpc) is 2.39. The first-order valence-corrected chi connectivity index (χ1v) is 6.14. The first-order chi connectivity index (χ1) is 8.78. The minimum absolute atomic E-state index is 0.501. The van der Waals surface area contributed by atoms with Crippen LogP contribution in [0.25, 0.3) is 0 Å².